The Bertz CT molecular complexity index is 856. The van der Waals surface area contributed by atoms with E-state index in [1.165, 1.54) is 19.3 Å². The van der Waals surface area contributed by atoms with Gasteiger partial charge in [-0.15, -0.1) is 0 Å². The average Bonchev–Trinajstić information content (AvgIpc) is 3.39. The van der Waals surface area contributed by atoms with Crippen LogP contribution in [0, 0.1) is 5.92 Å². The Hall–Kier alpha value is -2.44. The second-order valence-electron chi connectivity index (χ2n) is 8.73. The molecule has 1 aliphatic heterocycles. The molecule has 154 valence electrons. The molecule has 0 bridgehead atoms. The summed E-state index contributed by atoms with van der Waals surface area (Å²) in [7, 11) is 0. The number of hydrogen-bond acceptors (Lipinski definition) is 6. The number of nitrogens with zero attached hydrogens (tertiary/aromatic N) is 4. The summed E-state index contributed by atoms with van der Waals surface area (Å²) in [5.41, 5.74) is 0.888. The van der Waals surface area contributed by atoms with Crippen LogP contribution < -0.4 is 10.2 Å². The molecule has 2 aliphatic carbocycles. The average molecular weight is 396 g/mol. The van der Waals surface area contributed by atoms with Crippen molar-refractivity contribution in [2.24, 2.45) is 5.92 Å². The normalized spacial score (nSPS) is 23.2. The lowest BCUT2D eigenvalue weighted by atomic mass is 9.85. The summed E-state index contributed by atoms with van der Waals surface area (Å²) in [4.78, 5) is 24.3. The smallest absolute Gasteiger partial charge is 0.230 e. The van der Waals surface area contributed by atoms with Gasteiger partial charge in [-0.3, -0.25) is 4.79 Å². The molecule has 7 heteroatoms. The van der Waals surface area contributed by atoms with E-state index in [-0.39, 0.29) is 11.8 Å². The summed E-state index contributed by atoms with van der Waals surface area (Å²) < 4.78 is 5.53. The minimum atomic E-state index is 0.00927. The van der Waals surface area contributed by atoms with Crippen molar-refractivity contribution >= 4 is 11.7 Å². The Morgan fingerprint density at radius 2 is 1.97 bits per heavy atom. The van der Waals surface area contributed by atoms with E-state index in [9.17, 15) is 4.79 Å². The summed E-state index contributed by atoms with van der Waals surface area (Å²) in [6.07, 6.45) is 11.9. The zero-order chi connectivity index (χ0) is 19.6. The van der Waals surface area contributed by atoms with E-state index in [0.717, 1.165) is 62.3 Å². The van der Waals surface area contributed by atoms with Crippen molar-refractivity contribution in [1.29, 1.82) is 0 Å². The maximum Gasteiger partial charge on any atom is 0.230 e. The molecule has 3 heterocycles. The van der Waals surface area contributed by atoms with Gasteiger partial charge in [0.1, 0.15) is 5.82 Å². The molecule has 1 amide bonds. The van der Waals surface area contributed by atoms with Crippen molar-refractivity contribution in [3.05, 3.63) is 24.2 Å². The van der Waals surface area contributed by atoms with Gasteiger partial charge in [-0.25, -0.2) is 4.98 Å². The fourth-order valence-electron chi connectivity index (χ4n) is 4.76. The van der Waals surface area contributed by atoms with Crippen molar-refractivity contribution in [3.8, 4) is 11.4 Å². The number of piperidine rings is 1. The molecule has 3 fully saturated rings. The SMILES string of the molecule is O=C(NC1CCCC1)[C@H]1CCCN(c2ncccc2-c2noc(C3CCC3)n2)C1. The Kier molecular flexibility index (Phi) is 5.21. The fourth-order valence-corrected chi connectivity index (χ4v) is 4.76. The zero-order valence-electron chi connectivity index (χ0n) is 16.8. The van der Waals surface area contributed by atoms with Crippen LogP contribution in [-0.4, -0.2) is 40.2 Å². The van der Waals surface area contributed by atoms with Gasteiger partial charge in [-0.2, -0.15) is 4.98 Å². The van der Waals surface area contributed by atoms with Crippen molar-refractivity contribution in [1.82, 2.24) is 20.4 Å². The standard InChI is InChI=1S/C22H29N5O2/c28-21(24-17-9-1-2-10-17)16-8-5-13-27(14-16)20-18(11-4-12-23-20)19-25-22(29-26-19)15-6-3-7-15/h4,11-12,15-17H,1-3,5-10,13-14H2,(H,24,28)/t16-/m0/s1. The topological polar surface area (TPSA) is 84.2 Å². The molecule has 29 heavy (non-hydrogen) atoms. The molecule has 2 aromatic rings. The lowest BCUT2D eigenvalue weighted by molar-refractivity contribution is -0.125. The highest BCUT2D eigenvalue weighted by Gasteiger charge is 2.31. The van der Waals surface area contributed by atoms with Crippen LogP contribution in [0.1, 0.15) is 69.6 Å². The third-order valence-electron chi connectivity index (χ3n) is 6.72. The maximum atomic E-state index is 12.8. The Morgan fingerprint density at radius 1 is 1.10 bits per heavy atom. The summed E-state index contributed by atoms with van der Waals surface area (Å²) in [5, 5.41) is 7.51. The second kappa shape index (κ2) is 8.13. The van der Waals surface area contributed by atoms with E-state index in [0.29, 0.717) is 24.3 Å². The maximum absolute atomic E-state index is 12.8. The van der Waals surface area contributed by atoms with E-state index < -0.39 is 0 Å². The van der Waals surface area contributed by atoms with Crippen molar-refractivity contribution < 1.29 is 9.32 Å². The van der Waals surface area contributed by atoms with Gasteiger partial charge in [0.2, 0.25) is 17.6 Å². The van der Waals surface area contributed by atoms with Crippen LogP contribution in [-0.2, 0) is 4.79 Å². The minimum absolute atomic E-state index is 0.00927. The minimum Gasteiger partial charge on any atom is -0.355 e. The summed E-state index contributed by atoms with van der Waals surface area (Å²) >= 11 is 0. The van der Waals surface area contributed by atoms with Crippen LogP contribution in [0.15, 0.2) is 22.9 Å². The molecule has 0 radical (unpaired) electrons. The van der Waals surface area contributed by atoms with Gasteiger partial charge in [-0.1, -0.05) is 24.4 Å². The van der Waals surface area contributed by atoms with Crippen molar-refractivity contribution in [2.45, 2.75) is 69.7 Å². The lowest BCUT2D eigenvalue weighted by Gasteiger charge is -2.34. The summed E-state index contributed by atoms with van der Waals surface area (Å²) in [6, 6.07) is 4.28. The quantitative estimate of drug-likeness (QED) is 0.831. The van der Waals surface area contributed by atoms with E-state index in [1.54, 1.807) is 6.20 Å². The molecule has 3 aliphatic rings. The molecule has 5 rings (SSSR count). The number of aromatic nitrogens is 3. The molecule has 7 nitrogen and oxygen atoms in total. The van der Waals surface area contributed by atoms with Gasteiger partial charge < -0.3 is 14.7 Å². The monoisotopic (exact) mass is 395 g/mol. The van der Waals surface area contributed by atoms with Crippen LogP contribution in [0.5, 0.6) is 0 Å². The number of rotatable bonds is 5. The van der Waals surface area contributed by atoms with Crippen LogP contribution >= 0.6 is 0 Å². The van der Waals surface area contributed by atoms with Crippen molar-refractivity contribution in [2.75, 3.05) is 18.0 Å². The van der Waals surface area contributed by atoms with E-state index >= 15 is 0 Å². The number of anilines is 1. The fraction of sp³-hybridized carbons (Fsp3) is 0.636. The number of nitrogens with one attached hydrogen (secondary N) is 1. The van der Waals surface area contributed by atoms with Crippen LogP contribution in [0.2, 0.25) is 0 Å². The molecule has 0 spiro atoms. The van der Waals surface area contributed by atoms with Gasteiger partial charge in [0.05, 0.1) is 11.5 Å². The van der Waals surface area contributed by atoms with Gasteiger partial charge in [0, 0.05) is 31.2 Å². The van der Waals surface area contributed by atoms with Gasteiger partial charge in [0.25, 0.3) is 0 Å². The summed E-state index contributed by atoms with van der Waals surface area (Å²) in [5.74, 6) is 2.82. The first-order valence-electron chi connectivity index (χ1n) is 11.1. The molecular weight excluding hydrogens is 366 g/mol. The number of amides is 1. The van der Waals surface area contributed by atoms with E-state index in [1.807, 2.05) is 12.1 Å². The lowest BCUT2D eigenvalue weighted by Crippen LogP contribution is -2.45. The predicted octanol–water partition coefficient (Wildman–Crippen LogP) is 3.67. The number of hydrogen-bond donors (Lipinski definition) is 1. The van der Waals surface area contributed by atoms with Gasteiger partial charge >= 0.3 is 0 Å². The first-order chi connectivity index (χ1) is 14.3. The second-order valence-corrected chi connectivity index (χ2v) is 8.73. The Morgan fingerprint density at radius 3 is 2.76 bits per heavy atom. The molecule has 1 atom stereocenters. The molecule has 0 aromatic carbocycles. The van der Waals surface area contributed by atoms with Gasteiger partial charge in [0.15, 0.2) is 0 Å². The predicted molar refractivity (Wildman–Crippen MR) is 109 cm³/mol. The Balaban J connectivity index is 1.32. The molecule has 0 unspecified atom stereocenters. The first-order valence-corrected chi connectivity index (χ1v) is 11.1. The molecule has 1 N–H and O–H groups in total. The molecule has 2 aromatic heterocycles. The highest BCUT2D eigenvalue weighted by atomic mass is 16.5. The largest absolute Gasteiger partial charge is 0.355 e. The van der Waals surface area contributed by atoms with Crippen LogP contribution in [0.25, 0.3) is 11.4 Å². The Labute approximate surface area is 171 Å². The van der Waals surface area contributed by atoms with E-state index in [2.05, 4.69) is 25.3 Å². The van der Waals surface area contributed by atoms with Crippen LogP contribution in [0.4, 0.5) is 5.82 Å². The zero-order valence-corrected chi connectivity index (χ0v) is 16.8. The van der Waals surface area contributed by atoms with Gasteiger partial charge in [-0.05, 0) is 50.7 Å². The molecular formula is C22H29N5O2. The number of carbonyl (C=O) groups is 1. The molecule has 1 saturated heterocycles. The molecule has 2 saturated carbocycles. The third-order valence-corrected chi connectivity index (χ3v) is 6.72. The third kappa shape index (κ3) is 3.87. The first kappa shape index (κ1) is 18.6. The van der Waals surface area contributed by atoms with E-state index in [4.69, 9.17) is 4.52 Å². The highest BCUT2D eigenvalue weighted by molar-refractivity contribution is 5.80. The highest BCUT2D eigenvalue weighted by Crippen LogP contribution is 2.37. The van der Waals surface area contributed by atoms with Crippen LogP contribution in [0.3, 0.4) is 0 Å². The summed E-state index contributed by atoms with van der Waals surface area (Å²) in [6.45, 7) is 1.58. The van der Waals surface area contributed by atoms with Crippen molar-refractivity contribution in [3.63, 3.8) is 0 Å². The number of pyridine rings is 1. The number of carbonyl (C=O) groups excluding carboxylic acids is 1.